The van der Waals surface area contributed by atoms with Gasteiger partial charge in [0.05, 0.1) is 24.5 Å². The standard InChI is InChI=1S/C19H20ClNO5S/c20-18-7-2-1-5-16(18)13-19(22)26-14-15-4-3-6-17(12-15)27(23,24)21-8-10-25-11-9-21/h1-7,12H,8-11,13-14H2. The maximum atomic E-state index is 12.7. The molecule has 8 heteroatoms. The van der Waals surface area contributed by atoms with Crippen LogP contribution >= 0.6 is 11.6 Å². The summed E-state index contributed by atoms with van der Waals surface area (Å²) in [6.07, 6.45) is 0.0610. The number of halogens is 1. The smallest absolute Gasteiger partial charge is 0.310 e. The molecule has 0 aromatic heterocycles. The van der Waals surface area contributed by atoms with Crippen LogP contribution in [0.3, 0.4) is 0 Å². The van der Waals surface area contributed by atoms with Crippen molar-refractivity contribution in [2.45, 2.75) is 17.9 Å². The summed E-state index contributed by atoms with van der Waals surface area (Å²) in [6.45, 7) is 1.44. The Bertz CT molecular complexity index is 910. The Hall–Kier alpha value is -1.93. The number of sulfonamides is 1. The Morgan fingerprint density at radius 3 is 2.59 bits per heavy atom. The molecule has 0 spiro atoms. The Morgan fingerprint density at radius 2 is 1.85 bits per heavy atom. The van der Waals surface area contributed by atoms with E-state index in [1.165, 1.54) is 10.4 Å². The molecule has 0 radical (unpaired) electrons. The quantitative estimate of drug-likeness (QED) is 0.686. The molecule has 1 aliphatic rings. The number of rotatable bonds is 6. The van der Waals surface area contributed by atoms with Gasteiger partial charge in [0.2, 0.25) is 10.0 Å². The molecule has 144 valence electrons. The third-order valence-corrected chi connectivity index (χ3v) is 6.46. The van der Waals surface area contributed by atoms with Crippen LogP contribution in [-0.2, 0) is 37.3 Å². The lowest BCUT2D eigenvalue weighted by atomic mass is 10.1. The molecule has 0 unspecified atom stereocenters. The fourth-order valence-corrected chi connectivity index (χ4v) is 4.43. The van der Waals surface area contributed by atoms with E-state index in [9.17, 15) is 13.2 Å². The van der Waals surface area contributed by atoms with Crippen LogP contribution in [0.15, 0.2) is 53.4 Å². The first kappa shape index (κ1) is 19.8. The molecule has 1 heterocycles. The highest BCUT2D eigenvalue weighted by Crippen LogP contribution is 2.19. The molecule has 2 aromatic carbocycles. The molecule has 0 bridgehead atoms. The lowest BCUT2D eigenvalue weighted by Gasteiger charge is -2.26. The first-order valence-corrected chi connectivity index (χ1v) is 10.3. The van der Waals surface area contributed by atoms with E-state index in [4.69, 9.17) is 21.1 Å². The third kappa shape index (κ3) is 5.07. The van der Waals surface area contributed by atoms with Crippen LogP contribution in [0.1, 0.15) is 11.1 Å². The van der Waals surface area contributed by atoms with E-state index in [1.807, 2.05) is 0 Å². The third-order valence-electron chi connectivity index (χ3n) is 4.20. The van der Waals surface area contributed by atoms with Crippen molar-refractivity contribution >= 4 is 27.6 Å². The summed E-state index contributed by atoms with van der Waals surface area (Å²) in [4.78, 5) is 12.2. The molecule has 0 amide bonds. The van der Waals surface area contributed by atoms with Crippen LogP contribution in [0.25, 0.3) is 0 Å². The van der Waals surface area contributed by atoms with Crippen molar-refractivity contribution in [2.24, 2.45) is 0 Å². The molecule has 1 aliphatic heterocycles. The minimum absolute atomic E-state index is 0.00421. The zero-order chi connectivity index (χ0) is 19.3. The minimum Gasteiger partial charge on any atom is -0.461 e. The highest BCUT2D eigenvalue weighted by molar-refractivity contribution is 7.89. The van der Waals surface area contributed by atoms with Crippen LogP contribution in [0.2, 0.25) is 5.02 Å². The summed E-state index contributed by atoms with van der Waals surface area (Å²) < 4.78 is 37.3. The van der Waals surface area contributed by atoms with Gasteiger partial charge in [-0.25, -0.2) is 8.42 Å². The van der Waals surface area contributed by atoms with Gasteiger partial charge in [0.25, 0.3) is 0 Å². The Kier molecular flexibility index (Phi) is 6.49. The van der Waals surface area contributed by atoms with Gasteiger partial charge in [-0.05, 0) is 29.3 Å². The van der Waals surface area contributed by atoms with E-state index >= 15 is 0 Å². The minimum atomic E-state index is -3.58. The largest absolute Gasteiger partial charge is 0.461 e. The predicted molar refractivity (Wildman–Crippen MR) is 101 cm³/mol. The van der Waals surface area contributed by atoms with Crippen LogP contribution < -0.4 is 0 Å². The average Bonchev–Trinajstić information content (AvgIpc) is 2.69. The van der Waals surface area contributed by atoms with E-state index in [1.54, 1.807) is 42.5 Å². The van der Waals surface area contributed by atoms with Gasteiger partial charge in [0, 0.05) is 18.1 Å². The zero-order valence-corrected chi connectivity index (χ0v) is 16.2. The fourth-order valence-electron chi connectivity index (χ4n) is 2.74. The predicted octanol–water partition coefficient (Wildman–Crippen LogP) is 2.65. The maximum absolute atomic E-state index is 12.7. The summed E-state index contributed by atoms with van der Waals surface area (Å²) >= 11 is 6.04. The van der Waals surface area contributed by atoms with Crippen LogP contribution in [0.5, 0.6) is 0 Å². The van der Waals surface area contributed by atoms with Crippen molar-refractivity contribution in [1.82, 2.24) is 4.31 Å². The highest BCUT2D eigenvalue weighted by atomic mass is 35.5. The van der Waals surface area contributed by atoms with E-state index in [2.05, 4.69) is 0 Å². The Morgan fingerprint density at radius 1 is 1.11 bits per heavy atom. The molecule has 27 heavy (non-hydrogen) atoms. The van der Waals surface area contributed by atoms with Gasteiger partial charge < -0.3 is 9.47 Å². The monoisotopic (exact) mass is 409 g/mol. The zero-order valence-electron chi connectivity index (χ0n) is 14.6. The number of benzene rings is 2. The van der Waals surface area contributed by atoms with E-state index < -0.39 is 16.0 Å². The van der Waals surface area contributed by atoms with E-state index in [0.717, 1.165) is 0 Å². The summed E-state index contributed by atoms with van der Waals surface area (Å²) in [5.41, 5.74) is 1.30. The molecular formula is C19H20ClNO5S. The van der Waals surface area contributed by atoms with Gasteiger partial charge >= 0.3 is 5.97 Å². The lowest BCUT2D eigenvalue weighted by molar-refractivity contribution is -0.144. The molecule has 3 rings (SSSR count). The second-order valence-electron chi connectivity index (χ2n) is 6.09. The van der Waals surface area contributed by atoms with Crippen molar-refractivity contribution in [1.29, 1.82) is 0 Å². The second-order valence-corrected chi connectivity index (χ2v) is 8.44. The summed E-state index contributed by atoms with van der Waals surface area (Å²) in [7, 11) is -3.58. The number of hydrogen-bond acceptors (Lipinski definition) is 5. The Labute approximate surface area is 163 Å². The Balaban J connectivity index is 1.64. The van der Waals surface area contributed by atoms with Crippen molar-refractivity contribution < 1.29 is 22.7 Å². The van der Waals surface area contributed by atoms with E-state index in [0.29, 0.717) is 42.5 Å². The number of esters is 1. The normalized spacial score (nSPS) is 15.4. The molecule has 6 nitrogen and oxygen atoms in total. The topological polar surface area (TPSA) is 72.9 Å². The lowest BCUT2D eigenvalue weighted by Crippen LogP contribution is -2.40. The van der Waals surface area contributed by atoms with Crippen LogP contribution in [-0.4, -0.2) is 45.0 Å². The van der Waals surface area contributed by atoms with Crippen molar-refractivity contribution in [3.05, 3.63) is 64.7 Å². The molecule has 0 N–H and O–H groups in total. The fraction of sp³-hybridized carbons (Fsp3) is 0.316. The van der Waals surface area contributed by atoms with Gasteiger partial charge in [0.15, 0.2) is 0 Å². The number of carbonyl (C=O) groups excluding carboxylic acids is 1. The summed E-state index contributed by atoms with van der Waals surface area (Å²) in [6, 6.07) is 13.5. The van der Waals surface area contributed by atoms with Gasteiger partial charge in [-0.1, -0.05) is 41.9 Å². The van der Waals surface area contributed by atoms with Crippen molar-refractivity contribution in [3.63, 3.8) is 0 Å². The number of ether oxygens (including phenoxy) is 2. The molecule has 0 saturated carbocycles. The number of nitrogens with zero attached hydrogens (tertiary/aromatic N) is 1. The summed E-state index contributed by atoms with van der Waals surface area (Å²) in [5, 5.41) is 0.507. The summed E-state index contributed by atoms with van der Waals surface area (Å²) in [5.74, 6) is -0.426. The molecule has 2 aromatic rings. The SMILES string of the molecule is O=C(Cc1ccccc1Cl)OCc1cccc(S(=O)(=O)N2CCOCC2)c1. The molecule has 1 saturated heterocycles. The maximum Gasteiger partial charge on any atom is 0.310 e. The molecule has 0 atom stereocenters. The first-order chi connectivity index (χ1) is 13.0. The van der Waals surface area contributed by atoms with Crippen LogP contribution in [0.4, 0.5) is 0 Å². The average molecular weight is 410 g/mol. The van der Waals surface area contributed by atoms with Gasteiger partial charge in [0.1, 0.15) is 6.61 Å². The number of morpholine rings is 1. The molecule has 0 aliphatic carbocycles. The molecular weight excluding hydrogens is 390 g/mol. The van der Waals surface area contributed by atoms with Gasteiger partial charge in [-0.15, -0.1) is 0 Å². The second kappa shape index (κ2) is 8.84. The van der Waals surface area contributed by atoms with E-state index in [-0.39, 0.29) is 17.9 Å². The first-order valence-electron chi connectivity index (χ1n) is 8.53. The van der Waals surface area contributed by atoms with Gasteiger partial charge in [-0.2, -0.15) is 4.31 Å². The van der Waals surface area contributed by atoms with Crippen molar-refractivity contribution in [3.8, 4) is 0 Å². The molecule has 1 fully saturated rings. The number of carbonyl (C=O) groups is 1. The van der Waals surface area contributed by atoms with Crippen molar-refractivity contribution in [2.75, 3.05) is 26.3 Å². The van der Waals surface area contributed by atoms with Crippen LogP contribution in [0, 0.1) is 0 Å². The number of hydrogen-bond donors (Lipinski definition) is 0. The van der Waals surface area contributed by atoms with Gasteiger partial charge in [-0.3, -0.25) is 4.79 Å². The highest BCUT2D eigenvalue weighted by Gasteiger charge is 2.26.